The summed E-state index contributed by atoms with van der Waals surface area (Å²) in [6.45, 7) is 4.69. The third-order valence-electron chi connectivity index (χ3n) is 4.86. The van der Waals surface area contributed by atoms with E-state index >= 15 is 0 Å². The van der Waals surface area contributed by atoms with Gasteiger partial charge in [-0.25, -0.2) is 4.79 Å². The quantitative estimate of drug-likeness (QED) is 0.421. The van der Waals surface area contributed by atoms with Gasteiger partial charge in [-0.3, -0.25) is 0 Å². The highest BCUT2D eigenvalue weighted by Crippen LogP contribution is 2.25. The van der Waals surface area contributed by atoms with Crippen LogP contribution in [0.2, 0.25) is 0 Å². The van der Waals surface area contributed by atoms with Crippen LogP contribution in [0.25, 0.3) is 17.0 Å². The fraction of sp³-hybridized carbons (Fsp3) is 0.208. The number of allylic oxidation sites excluding steroid dienone is 2. The van der Waals surface area contributed by atoms with Gasteiger partial charge in [-0.2, -0.15) is 0 Å². The predicted molar refractivity (Wildman–Crippen MR) is 112 cm³/mol. The number of carboxylic acids is 1. The summed E-state index contributed by atoms with van der Waals surface area (Å²) in [6, 6.07) is 18.7. The van der Waals surface area contributed by atoms with Crippen molar-refractivity contribution in [3.63, 3.8) is 0 Å². The molecule has 0 bridgehead atoms. The largest absolute Gasteiger partial charge is 0.478 e. The van der Waals surface area contributed by atoms with Crippen LogP contribution >= 0.6 is 0 Å². The van der Waals surface area contributed by atoms with Crippen molar-refractivity contribution < 1.29 is 9.90 Å². The molecule has 1 aromatic heterocycles. The molecule has 2 aromatic carbocycles. The smallest absolute Gasteiger partial charge is 0.331 e. The molecule has 1 N–H and O–H groups in total. The molecule has 27 heavy (non-hydrogen) atoms. The van der Waals surface area contributed by atoms with Gasteiger partial charge in [-0.1, -0.05) is 74.5 Å². The number of carboxylic acid groups (broad SMARTS) is 1. The number of para-hydroxylation sites is 1. The zero-order valence-electron chi connectivity index (χ0n) is 15.9. The van der Waals surface area contributed by atoms with Crippen molar-refractivity contribution in [1.82, 2.24) is 4.57 Å². The Balaban J connectivity index is 2.01. The third kappa shape index (κ3) is 4.20. The van der Waals surface area contributed by atoms with E-state index in [9.17, 15) is 9.90 Å². The van der Waals surface area contributed by atoms with Gasteiger partial charge in [0.2, 0.25) is 0 Å². The Bertz CT molecular complexity index is 994. The highest BCUT2D eigenvalue weighted by molar-refractivity contribution is 5.91. The summed E-state index contributed by atoms with van der Waals surface area (Å²) >= 11 is 0. The van der Waals surface area contributed by atoms with E-state index in [-0.39, 0.29) is 0 Å². The lowest BCUT2D eigenvalue weighted by Crippen LogP contribution is -2.02. The molecular weight excluding hydrogens is 334 g/mol. The molecule has 3 rings (SSSR count). The Labute approximate surface area is 160 Å². The second-order valence-corrected chi connectivity index (χ2v) is 6.56. The minimum atomic E-state index is -0.828. The number of nitrogens with zero attached hydrogens (tertiary/aromatic N) is 1. The lowest BCUT2D eigenvalue weighted by molar-refractivity contribution is -0.132. The summed E-state index contributed by atoms with van der Waals surface area (Å²) in [6.07, 6.45) is 7.38. The van der Waals surface area contributed by atoms with E-state index < -0.39 is 5.97 Å². The van der Waals surface area contributed by atoms with Crippen LogP contribution in [0.1, 0.15) is 37.8 Å². The molecular formula is C24H25NO2. The normalized spacial score (nSPS) is 12.5. The number of aliphatic carboxylic acids is 1. The fourth-order valence-corrected chi connectivity index (χ4v) is 3.46. The molecule has 0 atom stereocenters. The van der Waals surface area contributed by atoms with Crippen LogP contribution in [0.5, 0.6) is 0 Å². The summed E-state index contributed by atoms with van der Waals surface area (Å²) in [7, 11) is 0. The summed E-state index contributed by atoms with van der Waals surface area (Å²) in [4.78, 5) is 11.5. The maximum Gasteiger partial charge on any atom is 0.331 e. The van der Waals surface area contributed by atoms with Crippen LogP contribution in [-0.4, -0.2) is 15.6 Å². The summed E-state index contributed by atoms with van der Waals surface area (Å²) in [5, 5.41) is 10.6. The monoisotopic (exact) mass is 359 g/mol. The Kier molecular flexibility index (Phi) is 5.92. The Hall–Kier alpha value is -3.07. The molecule has 138 valence electrons. The lowest BCUT2D eigenvalue weighted by atomic mass is 10.0. The highest BCUT2D eigenvalue weighted by atomic mass is 16.4. The van der Waals surface area contributed by atoms with E-state index in [0.29, 0.717) is 18.4 Å². The molecule has 3 heteroatoms. The Morgan fingerprint density at radius 1 is 1.00 bits per heavy atom. The van der Waals surface area contributed by atoms with Crippen molar-refractivity contribution in [2.24, 2.45) is 0 Å². The van der Waals surface area contributed by atoms with Crippen molar-refractivity contribution in [3.05, 3.63) is 89.1 Å². The van der Waals surface area contributed by atoms with Crippen molar-refractivity contribution in [3.8, 4) is 0 Å². The predicted octanol–water partition coefficient (Wildman–Crippen LogP) is 5.90. The van der Waals surface area contributed by atoms with Crippen LogP contribution in [0.3, 0.4) is 0 Å². The molecule has 0 unspecified atom stereocenters. The highest BCUT2D eigenvalue weighted by Gasteiger charge is 2.10. The fourth-order valence-electron chi connectivity index (χ4n) is 3.46. The third-order valence-corrected chi connectivity index (χ3v) is 4.86. The van der Waals surface area contributed by atoms with Gasteiger partial charge < -0.3 is 9.67 Å². The number of rotatable bonds is 7. The summed E-state index contributed by atoms with van der Waals surface area (Å²) in [5.74, 6) is -0.828. The van der Waals surface area contributed by atoms with Crippen LogP contribution < -0.4 is 0 Å². The molecule has 0 aliphatic carbocycles. The van der Waals surface area contributed by atoms with Crippen molar-refractivity contribution in [2.75, 3.05) is 0 Å². The molecule has 0 aliphatic rings. The number of fused-ring (bicyclic) bond motifs is 1. The molecule has 0 fully saturated rings. The van der Waals surface area contributed by atoms with Gasteiger partial charge in [0.15, 0.2) is 0 Å². The molecule has 0 saturated carbocycles. The number of benzene rings is 2. The second kappa shape index (κ2) is 8.54. The first-order chi connectivity index (χ1) is 13.1. The van der Waals surface area contributed by atoms with Gasteiger partial charge in [0, 0.05) is 29.2 Å². The van der Waals surface area contributed by atoms with Crippen molar-refractivity contribution in [1.29, 1.82) is 0 Å². The van der Waals surface area contributed by atoms with Crippen LogP contribution in [0.15, 0.2) is 78.0 Å². The standard InChI is InChI=1S/C24H25NO2/c1-3-19(21(4-2)24(26)27)14-15-20-17-25(16-18-10-6-5-7-11-18)23-13-9-8-12-22(20)23/h5-15,17H,3-4,16H2,1-2H3,(H,26,27). The Morgan fingerprint density at radius 2 is 1.70 bits per heavy atom. The maximum absolute atomic E-state index is 11.5. The van der Waals surface area contributed by atoms with Crippen molar-refractivity contribution in [2.45, 2.75) is 33.2 Å². The number of aromatic nitrogens is 1. The SMILES string of the molecule is CCC(C=Cc1cn(Cc2ccccc2)c2ccccc12)=C(CC)C(=O)O. The van der Waals surface area contributed by atoms with Crippen molar-refractivity contribution >= 4 is 22.9 Å². The van der Waals surface area contributed by atoms with Gasteiger partial charge in [0.05, 0.1) is 0 Å². The van der Waals surface area contributed by atoms with E-state index in [0.717, 1.165) is 17.7 Å². The van der Waals surface area contributed by atoms with Crippen LogP contribution in [-0.2, 0) is 11.3 Å². The van der Waals surface area contributed by atoms with Gasteiger partial charge >= 0.3 is 5.97 Å². The molecule has 0 aliphatic heterocycles. The summed E-state index contributed by atoms with van der Waals surface area (Å²) < 4.78 is 2.25. The van der Waals surface area contributed by atoms with Gasteiger partial charge in [0.25, 0.3) is 0 Å². The lowest BCUT2D eigenvalue weighted by Gasteiger charge is -2.05. The second-order valence-electron chi connectivity index (χ2n) is 6.56. The minimum Gasteiger partial charge on any atom is -0.478 e. The minimum absolute atomic E-state index is 0.488. The average Bonchev–Trinajstić information content (AvgIpc) is 3.03. The van der Waals surface area contributed by atoms with E-state index in [1.165, 1.54) is 16.5 Å². The van der Waals surface area contributed by atoms with E-state index in [4.69, 9.17) is 0 Å². The maximum atomic E-state index is 11.5. The van der Waals surface area contributed by atoms with Gasteiger partial charge in [0.1, 0.15) is 0 Å². The van der Waals surface area contributed by atoms with E-state index in [1.54, 1.807) is 0 Å². The van der Waals surface area contributed by atoms with Gasteiger partial charge in [-0.15, -0.1) is 0 Å². The molecule has 0 saturated heterocycles. The van der Waals surface area contributed by atoms with E-state index in [2.05, 4.69) is 47.2 Å². The molecule has 0 radical (unpaired) electrons. The number of carbonyl (C=O) groups is 1. The van der Waals surface area contributed by atoms with Crippen LogP contribution in [0, 0.1) is 0 Å². The Morgan fingerprint density at radius 3 is 2.37 bits per heavy atom. The molecule has 0 spiro atoms. The number of hydrogen-bond donors (Lipinski definition) is 1. The number of hydrogen-bond acceptors (Lipinski definition) is 1. The zero-order valence-corrected chi connectivity index (χ0v) is 15.9. The van der Waals surface area contributed by atoms with E-state index in [1.807, 2.05) is 44.2 Å². The first-order valence-electron chi connectivity index (χ1n) is 9.39. The molecule has 3 nitrogen and oxygen atoms in total. The zero-order chi connectivity index (χ0) is 19.2. The molecule has 3 aromatic rings. The molecule has 0 amide bonds. The first-order valence-corrected chi connectivity index (χ1v) is 9.39. The summed E-state index contributed by atoms with van der Waals surface area (Å²) in [5.41, 5.74) is 4.90. The first kappa shape index (κ1) is 18.7. The van der Waals surface area contributed by atoms with Crippen LogP contribution in [0.4, 0.5) is 0 Å². The average molecular weight is 359 g/mol. The molecule has 1 heterocycles. The van der Waals surface area contributed by atoms with Gasteiger partial charge in [-0.05, 0) is 35.6 Å². The topological polar surface area (TPSA) is 42.2 Å².